The number of hydrogen-bond donors (Lipinski definition) is 0. The zero-order valence-electron chi connectivity index (χ0n) is 14.6. The molecule has 0 aliphatic carbocycles. The van der Waals surface area contributed by atoms with Crippen LogP contribution in [0.1, 0.15) is 0 Å². The maximum absolute atomic E-state index is 4.95. The van der Waals surface area contributed by atoms with Gasteiger partial charge >= 0.3 is 5.65 Å². The first-order valence-electron chi connectivity index (χ1n) is 8.86. The van der Waals surface area contributed by atoms with E-state index in [1.54, 1.807) is 0 Å². The third kappa shape index (κ3) is 2.77. The third-order valence-electron chi connectivity index (χ3n) is 4.56. The molecule has 4 nitrogen and oxygen atoms in total. The van der Waals surface area contributed by atoms with Crippen LogP contribution in [-0.2, 0) is 0 Å². The van der Waals surface area contributed by atoms with Crippen LogP contribution in [0.4, 0.5) is 0 Å². The summed E-state index contributed by atoms with van der Waals surface area (Å²) in [7, 11) is 0. The lowest BCUT2D eigenvalue weighted by Crippen LogP contribution is -2.29. The van der Waals surface area contributed by atoms with Gasteiger partial charge in [0.25, 0.3) is 5.65 Å². The van der Waals surface area contributed by atoms with E-state index >= 15 is 0 Å². The van der Waals surface area contributed by atoms with Gasteiger partial charge in [0.1, 0.15) is 23.3 Å². The van der Waals surface area contributed by atoms with E-state index in [0.29, 0.717) is 0 Å². The predicted molar refractivity (Wildman–Crippen MR) is 106 cm³/mol. The number of rotatable bonds is 3. The number of fused-ring (bicyclic) bond motifs is 1. The second-order valence-electron chi connectivity index (χ2n) is 6.30. The van der Waals surface area contributed by atoms with Gasteiger partial charge in [-0.05, 0) is 24.3 Å². The van der Waals surface area contributed by atoms with Crippen molar-refractivity contribution in [2.75, 3.05) is 0 Å². The normalized spacial score (nSPS) is 11.0. The van der Waals surface area contributed by atoms with E-state index in [4.69, 9.17) is 9.97 Å². The van der Waals surface area contributed by atoms with Gasteiger partial charge in [0.2, 0.25) is 6.33 Å². The molecule has 0 bridgehead atoms. The Balaban J connectivity index is 1.79. The molecule has 0 atom stereocenters. The molecule has 128 valence electrons. The van der Waals surface area contributed by atoms with E-state index in [2.05, 4.69) is 45.5 Å². The predicted octanol–water partition coefficient (Wildman–Crippen LogP) is 4.36. The van der Waals surface area contributed by atoms with E-state index in [9.17, 15) is 0 Å². The quantitative estimate of drug-likeness (QED) is 0.454. The lowest BCUT2D eigenvalue weighted by atomic mass is 10.2. The van der Waals surface area contributed by atoms with E-state index in [1.165, 1.54) is 0 Å². The van der Waals surface area contributed by atoms with E-state index in [0.717, 1.165) is 33.9 Å². The fourth-order valence-corrected chi connectivity index (χ4v) is 3.23. The zero-order chi connectivity index (χ0) is 18.1. The molecule has 5 aromatic rings. The van der Waals surface area contributed by atoms with Crippen LogP contribution in [0, 0.1) is 0 Å². The molecule has 5 rings (SSSR count). The molecule has 27 heavy (non-hydrogen) atoms. The Bertz CT molecular complexity index is 1200. The van der Waals surface area contributed by atoms with Crippen molar-refractivity contribution >= 4 is 11.3 Å². The first kappa shape index (κ1) is 15.5. The Morgan fingerprint density at radius 2 is 1.33 bits per heavy atom. The van der Waals surface area contributed by atoms with Crippen LogP contribution < -0.4 is 4.57 Å². The molecule has 0 unspecified atom stereocenters. The summed E-state index contributed by atoms with van der Waals surface area (Å²) in [4.78, 5) is 9.71. The topological polar surface area (TPSA) is 34.6 Å². The molecule has 3 aromatic carbocycles. The molecule has 0 aliphatic heterocycles. The average Bonchev–Trinajstić information content (AvgIpc) is 3.14. The van der Waals surface area contributed by atoms with Crippen molar-refractivity contribution in [2.24, 2.45) is 0 Å². The maximum atomic E-state index is 4.95. The third-order valence-corrected chi connectivity index (χ3v) is 4.56. The molecular weight excluding hydrogens is 332 g/mol. The summed E-state index contributed by atoms with van der Waals surface area (Å²) in [6.45, 7) is 0. The van der Waals surface area contributed by atoms with Gasteiger partial charge in [0.15, 0.2) is 0 Å². The molecule has 0 aliphatic rings. The highest BCUT2D eigenvalue weighted by Crippen LogP contribution is 2.21. The molecule has 2 aromatic heterocycles. The Morgan fingerprint density at radius 3 is 2.04 bits per heavy atom. The average molecular weight is 349 g/mol. The fourth-order valence-electron chi connectivity index (χ4n) is 3.23. The number of hydrogen-bond acceptors (Lipinski definition) is 2. The number of benzene rings is 3. The van der Waals surface area contributed by atoms with Crippen molar-refractivity contribution in [3.8, 4) is 22.6 Å². The minimum atomic E-state index is 0.824. The number of imidazole rings is 1. The van der Waals surface area contributed by atoms with E-state index in [1.807, 2.05) is 67.1 Å². The van der Waals surface area contributed by atoms with Gasteiger partial charge in [0.05, 0.1) is 0 Å². The molecule has 0 saturated heterocycles. The highest BCUT2D eigenvalue weighted by molar-refractivity contribution is 5.71. The summed E-state index contributed by atoms with van der Waals surface area (Å²) in [5.74, 6) is 0. The van der Waals surface area contributed by atoms with E-state index < -0.39 is 0 Å². The molecule has 0 spiro atoms. The van der Waals surface area contributed by atoms with Crippen LogP contribution in [0.5, 0.6) is 0 Å². The summed E-state index contributed by atoms with van der Waals surface area (Å²) in [6.07, 6.45) is 3.89. The Hall–Kier alpha value is -3.79. The Kier molecular flexibility index (Phi) is 3.72. The van der Waals surface area contributed by atoms with Crippen LogP contribution in [0.2, 0.25) is 0 Å². The molecule has 4 heteroatoms. The summed E-state index contributed by atoms with van der Waals surface area (Å²) >= 11 is 0. The second-order valence-corrected chi connectivity index (χ2v) is 6.30. The van der Waals surface area contributed by atoms with Gasteiger partial charge in [-0.1, -0.05) is 66.7 Å². The summed E-state index contributed by atoms with van der Waals surface area (Å²) in [5, 5.41) is 0. The number of aromatic nitrogens is 4. The van der Waals surface area contributed by atoms with Gasteiger partial charge in [-0.15, -0.1) is 4.98 Å². The number of nitrogens with zero attached hydrogens (tertiary/aromatic N) is 4. The Labute approximate surface area is 157 Å². The molecular formula is C23H17N4+. The largest absolute Gasteiger partial charge is 0.327 e. The highest BCUT2D eigenvalue weighted by atomic mass is 15.2. The molecule has 2 heterocycles. The monoisotopic (exact) mass is 349 g/mol. The van der Waals surface area contributed by atoms with Crippen LogP contribution in [0.3, 0.4) is 0 Å². The minimum absolute atomic E-state index is 0.824. The van der Waals surface area contributed by atoms with Crippen LogP contribution in [0.25, 0.3) is 33.9 Å². The van der Waals surface area contributed by atoms with Gasteiger partial charge in [-0.2, -0.15) is 4.57 Å². The first-order valence-corrected chi connectivity index (χ1v) is 8.86. The summed E-state index contributed by atoms with van der Waals surface area (Å²) in [5.41, 5.74) is 5.67. The first-order chi connectivity index (χ1) is 13.4. The fraction of sp³-hybridized carbons (Fsp3) is 0. The molecule has 0 saturated carbocycles. The SMILES string of the molecule is c1ccc(-c2cnc3c(n2)n(-c2ccccc2)c[n+]3-c2ccccc2)cc1. The lowest BCUT2D eigenvalue weighted by molar-refractivity contribution is -0.570. The van der Waals surface area contributed by atoms with Crippen LogP contribution in [-0.4, -0.2) is 14.5 Å². The standard InChI is InChI=1S/C23H17N4/c1-4-10-18(11-5-1)21-16-24-22-23(25-21)27(20-14-8-3-9-15-20)17-26(22)19-12-6-2-7-13-19/h1-17H/q+1. The second kappa shape index (κ2) is 6.50. The molecule has 0 fully saturated rings. The maximum Gasteiger partial charge on any atom is 0.327 e. The minimum Gasteiger partial charge on any atom is -0.210 e. The van der Waals surface area contributed by atoms with E-state index in [-0.39, 0.29) is 0 Å². The number of para-hydroxylation sites is 2. The van der Waals surface area contributed by atoms with Crippen molar-refractivity contribution in [3.05, 3.63) is 104 Å². The molecule has 0 N–H and O–H groups in total. The molecule has 0 radical (unpaired) electrons. The van der Waals surface area contributed by atoms with Crippen molar-refractivity contribution in [1.29, 1.82) is 0 Å². The van der Waals surface area contributed by atoms with Gasteiger partial charge < -0.3 is 0 Å². The van der Waals surface area contributed by atoms with Gasteiger partial charge in [-0.25, -0.2) is 9.55 Å². The molecule has 0 amide bonds. The lowest BCUT2D eigenvalue weighted by Gasteiger charge is -2.00. The van der Waals surface area contributed by atoms with Crippen molar-refractivity contribution in [1.82, 2.24) is 14.5 Å². The van der Waals surface area contributed by atoms with Crippen LogP contribution >= 0.6 is 0 Å². The summed E-state index contributed by atoms with van der Waals surface area (Å²) in [6, 6.07) is 30.6. The van der Waals surface area contributed by atoms with Crippen molar-refractivity contribution in [2.45, 2.75) is 0 Å². The van der Waals surface area contributed by atoms with Crippen molar-refractivity contribution in [3.63, 3.8) is 0 Å². The zero-order valence-corrected chi connectivity index (χ0v) is 14.6. The van der Waals surface area contributed by atoms with Crippen LogP contribution in [0.15, 0.2) is 104 Å². The van der Waals surface area contributed by atoms with Gasteiger partial charge in [0, 0.05) is 5.56 Å². The van der Waals surface area contributed by atoms with Crippen molar-refractivity contribution < 1.29 is 4.57 Å². The summed E-state index contributed by atoms with van der Waals surface area (Å²) < 4.78 is 4.16. The highest BCUT2D eigenvalue weighted by Gasteiger charge is 2.21. The van der Waals surface area contributed by atoms with Gasteiger partial charge in [-0.3, -0.25) is 0 Å². The smallest absolute Gasteiger partial charge is 0.210 e. The Morgan fingerprint density at radius 1 is 0.704 bits per heavy atom.